The topological polar surface area (TPSA) is 95.9 Å². The van der Waals surface area contributed by atoms with E-state index in [4.69, 9.17) is 11.6 Å². The molecule has 0 atom stereocenters. The molecular formula is C24H28ClFN6O2. The van der Waals surface area contributed by atoms with Gasteiger partial charge in [0, 0.05) is 42.7 Å². The van der Waals surface area contributed by atoms with Crippen molar-refractivity contribution in [3.05, 3.63) is 58.5 Å². The maximum Gasteiger partial charge on any atom is 0.273 e. The fraction of sp³-hybridized carbons (Fsp3) is 0.417. The van der Waals surface area contributed by atoms with Gasteiger partial charge in [0.1, 0.15) is 5.82 Å². The fourth-order valence-corrected chi connectivity index (χ4v) is 4.64. The summed E-state index contributed by atoms with van der Waals surface area (Å²) in [5.74, 6) is -1.11. The van der Waals surface area contributed by atoms with E-state index >= 15 is 0 Å². The average Bonchev–Trinajstić information content (AvgIpc) is 3.25. The van der Waals surface area contributed by atoms with E-state index in [1.807, 2.05) is 12.1 Å². The number of hydrogen-bond acceptors (Lipinski definition) is 4. The lowest BCUT2D eigenvalue weighted by Crippen LogP contribution is -2.60. The summed E-state index contributed by atoms with van der Waals surface area (Å²) in [5, 5.41) is 11.8. The molecule has 2 N–H and O–H groups in total. The number of H-pyrrole nitrogens is 1. The molecule has 1 aliphatic rings. The monoisotopic (exact) mass is 486 g/mol. The number of aromatic amines is 1. The molecule has 0 bridgehead atoms. The summed E-state index contributed by atoms with van der Waals surface area (Å²) < 4.78 is 16.1. The number of rotatable bonds is 6. The Labute approximate surface area is 202 Å². The number of fused-ring (bicyclic) bond motifs is 1. The lowest BCUT2D eigenvalue weighted by molar-refractivity contribution is -0.130. The molecule has 1 aromatic carbocycles. The van der Waals surface area contributed by atoms with Crippen LogP contribution in [0.5, 0.6) is 0 Å². The molecule has 180 valence electrons. The van der Waals surface area contributed by atoms with Crippen molar-refractivity contribution in [1.29, 1.82) is 0 Å². The highest BCUT2D eigenvalue weighted by molar-refractivity contribution is 6.32. The van der Waals surface area contributed by atoms with Gasteiger partial charge < -0.3 is 14.8 Å². The Morgan fingerprint density at radius 2 is 2.03 bits per heavy atom. The van der Waals surface area contributed by atoms with Gasteiger partial charge in [-0.2, -0.15) is 9.49 Å². The zero-order valence-electron chi connectivity index (χ0n) is 19.7. The smallest absolute Gasteiger partial charge is 0.273 e. The maximum atomic E-state index is 14.6. The number of hydrogen-bond donors (Lipinski definition) is 2. The second-order valence-electron chi connectivity index (χ2n) is 9.65. The van der Waals surface area contributed by atoms with Crippen LogP contribution in [0.2, 0.25) is 5.02 Å². The normalized spacial score (nSPS) is 14.4. The van der Waals surface area contributed by atoms with E-state index in [2.05, 4.69) is 47.8 Å². The molecule has 10 heteroatoms. The van der Waals surface area contributed by atoms with Crippen LogP contribution in [0.4, 0.5) is 4.39 Å². The van der Waals surface area contributed by atoms with Crippen molar-refractivity contribution >= 4 is 34.3 Å². The number of aryl methyl sites for hydroxylation is 2. The number of nitrogens with one attached hydrogen (secondary N) is 2. The Hall–Kier alpha value is -3.20. The highest BCUT2D eigenvalue weighted by atomic mass is 35.5. The summed E-state index contributed by atoms with van der Waals surface area (Å²) in [6.07, 6.45) is 2.18. The molecule has 2 amide bonds. The first kappa shape index (κ1) is 23.9. The van der Waals surface area contributed by atoms with Crippen molar-refractivity contribution in [3.8, 4) is 0 Å². The van der Waals surface area contributed by atoms with Crippen LogP contribution in [0.15, 0.2) is 24.8 Å². The van der Waals surface area contributed by atoms with Gasteiger partial charge in [-0.15, -0.1) is 0 Å². The van der Waals surface area contributed by atoms with Gasteiger partial charge in [-0.1, -0.05) is 39.0 Å². The molecule has 4 rings (SSSR count). The van der Waals surface area contributed by atoms with E-state index < -0.39 is 11.9 Å². The number of nitrogens with zero attached hydrogens (tertiary/aromatic N) is 4. The van der Waals surface area contributed by atoms with Gasteiger partial charge in [-0.3, -0.25) is 14.7 Å². The third-order valence-electron chi connectivity index (χ3n) is 6.19. The van der Waals surface area contributed by atoms with Crippen LogP contribution >= 0.6 is 11.6 Å². The minimum absolute atomic E-state index is 0.124. The first-order valence-corrected chi connectivity index (χ1v) is 11.5. The Balaban J connectivity index is 1.47. The highest BCUT2D eigenvalue weighted by Crippen LogP contribution is 2.33. The van der Waals surface area contributed by atoms with Gasteiger partial charge >= 0.3 is 0 Å². The van der Waals surface area contributed by atoms with Crippen LogP contribution in [-0.2, 0) is 30.1 Å². The molecule has 3 aromatic rings. The van der Waals surface area contributed by atoms with Gasteiger partial charge in [0.25, 0.3) is 5.91 Å². The maximum absolute atomic E-state index is 14.6. The van der Waals surface area contributed by atoms with E-state index in [0.29, 0.717) is 36.8 Å². The van der Waals surface area contributed by atoms with Gasteiger partial charge in [0.2, 0.25) is 11.9 Å². The summed E-state index contributed by atoms with van der Waals surface area (Å²) in [4.78, 5) is 29.7. The highest BCUT2D eigenvalue weighted by Gasteiger charge is 2.32. The molecule has 0 unspecified atom stereocenters. The second kappa shape index (κ2) is 8.87. The predicted molar refractivity (Wildman–Crippen MR) is 128 cm³/mol. The molecule has 1 aliphatic heterocycles. The number of amides is 2. The van der Waals surface area contributed by atoms with Crippen molar-refractivity contribution in [1.82, 2.24) is 30.0 Å². The molecule has 34 heavy (non-hydrogen) atoms. The standard InChI is InChI=1S/C24H28ClFN6O2/c1-6-20(33)32-11-13(12-32)27-23(34)21-22(26)28-19(31(21)5)8-7-17-14-9-15(24(2,3)4)16(25)10-18(14)30-29-17/h6,9-10,13H,1,7-8,11-12H2,2-5H3,(H,27,34)(H,29,30). The molecule has 0 spiro atoms. The third-order valence-corrected chi connectivity index (χ3v) is 6.50. The summed E-state index contributed by atoms with van der Waals surface area (Å²) in [5.41, 5.74) is 2.44. The third kappa shape index (κ3) is 4.44. The minimum Gasteiger partial charge on any atom is -0.344 e. The number of carbonyl (C=O) groups is 2. The van der Waals surface area contributed by atoms with Gasteiger partial charge in [-0.25, -0.2) is 4.98 Å². The molecule has 0 radical (unpaired) electrons. The first-order valence-electron chi connectivity index (χ1n) is 11.1. The lowest BCUT2D eigenvalue weighted by atomic mass is 9.86. The number of halogens is 2. The van der Waals surface area contributed by atoms with Gasteiger partial charge in [0.05, 0.1) is 11.6 Å². The van der Waals surface area contributed by atoms with Crippen LogP contribution in [0, 0.1) is 5.95 Å². The van der Waals surface area contributed by atoms with E-state index in [1.165, 1.54) is 10.6 Å². The molecular weight excluding hydrogens is 459 g/mol. The number of imidazole rings is 1. The Morgan fingerprint density at radius 1 is 1.32 bits per heavy atom. The molecule has 1 fully saturated rings. The molecule has 8 nitrogen and oxygen atoms in total. The summed E-state index contributed by atoms with van der Waals surface area (Å²) in [6, 6.07) is 3.67. The Bertz CT molecular complexity index is 1280. The zero-order chi connectivity index (χ0) is 24.8. The molecule has 3 heterocycles. The largest absolute Gasteiger partial charge is 0.344 e. The summed E-state index contributed by atoms with van der Waals surface area (Å²) in [6.45, 7) is 10.5. The molecule has 1 saturated heterocycles. The minimum atomic E-state index is -0.815. The Kier molecular flexibility index (Phi) is 6.24. The SMILES string of the molecule is C=CC(=O)N1CC(NC(=O)c2c(F)nc(CCc3[nH]nc4cc(Cl)c(C(C)(C)C)cc34)n2C)C1. The quantitative estimate of drug-likeness (QED) is 0.522. The van der Waals surface area contributed by atoms with Crippen LogP contribution in [0.25, 0.3) is 10.9 Å². The van der Waals surface area contributed by atoms with Crippen molar-refractivity contribution in [2.75, 3.05) is 13.1 Å². The van der Waals surface area contributed by atoms with Crippen molar-refractivity contribution in [2.24, 2.45) is 7.05 Å². The van der Waals surface area contributed by atoms with Crippen molar-refractivity contribution in [2.45, 2.75) is 45.1 Å². The van der Waals surface area contributed by atoms with Gasteiger partial charge in [0.15, 0.2) is 5.69 Å². The second-order valence-corrected chi connectivity index (χ2v) is 10.1. The zero-order valence-corrected chi connectivity index (χ0v) is 20.5. The molecule has 0 saturated carbocycles. The van der Waals surface area contributed by atoms with Gasteiger partial charge in [-0.05, 0) is 35.6 Å². The van der Waals surface area contributed by atoms with E-state index in [9.17, 15) is 14.0 Å². The van der Waals surface area contributed by atoms with Crippen molar-refractivity contribution in [3.63, 3.8) is 0 Å². The number of benzene rings is 1. The van der Waals surface area contributed by atoms with Crippen molar-refractivity contribution < 1.29 is 14.0 Å². The molecule has 2 aromatic heterocycles. The van der Waals surface area contributed by atoms with Crippen LogP contribution in [0.1, 0.15) is 48.3 Å². The summed E-state index contributed by atoms with van der Waals surface area (Å²) >= 11 is 6.45. The van der Waals surface area contributed by atoms with Crippen LogP contribution in [0.3, 0.4) is 0 Å². The Morgan fingerprint density at radius 3 is 2.68 bits per heavy atom. The number of carbonyl (C=O) groups excluding carboxylic acids is 2. The number of aromatic nitrogens is 4. The van der Waals surface area contributed by atoms with E-state index in [1.54, 1.807) is 11.9 Å². The van der Waals surface area contributed by atoms with Crippen LogP contribution in [-0.4, -0.2) is 55.6 Å². The number of likely N-dealkylation sites (tertiary alicyclic amines) is 1. The predicted octanol–water partition coefficient (Wildman–Crippen LogP) is 3.30. The lowest BCUT2D eigenvalue weighted by Gasteiger charge is -2.38. The van der Waals surface area contributed by atoms with E-state index in [-0.39, 0.29) is 23.1 Å². The van der Waals surface area contributed by atoms with E-state index in [0.717, 1.165) is 22.2 Å². The van der Waals surface area contributed by atoms with Crippen LogP contribution < -0.4 is 5.32 Å². The average molecular weight is 487 g/mol. The first-order chi connectivity index (χ1) is 16.0. The fourth-order valence-electron chi connectivity index (χ4n) is 4.20. The summed E-state index contributed by atoms with van der Waals surface area (Å²) in [7, 11) is 1.62. The molecule has 0 aliphatic carbocycles.